The number of nitrogens with zero attached hydrogens (tertiary/aromatic N) is 1. The molecule has 154 valence electrons. The van der Waals surface area contributed by atoms with E-state index in [4.69, 9.17) is 9.47 Å². The van der Waals surface area contributed by atoms with Gasteiger partial charge in [0.1, 0.15) is 5.60 Å². The summed E-state index contributed by atoms with van der Waals surface area (Å²) in [4.78, 5) is 26.5. The average Bonchev–Trinajstić information content (AvgIpc) is 2.69. The van der Waals surface area contributed by atoms with Gasteiger partial charge in [0.05, 0.1) is 12.6 Å². The molecule has 0 aliphatic carbocycles. The van der Waals surface area contributed by atoms with Crippen molar-refractivity contribution < 1.29 is 19.1 Å². The van der Waals surface area contributed by atoms with Crippen LogP contribution in [-0.2, 0) is 27.4 Å². The molecule has 0 radical (unpaired) electrons. The van der Waals surface area contributed by atoms with Gasteiger partial charge in [0.2, 0.25) is 0 Å². The minimum Gasteiger partial charge on any atom is -0.444 e. The van der Waals surface area contributed by atoms with E-state index in [9.17, 15) is 9.59 Å². The van der Waals surface area contributed by atoms with Gasteiger partial charge < -0.3 is 19.7 Å². The van der Waals surface area contributed by atoms with Crippen molar-refractivity contribution in [1.29, 1.82) is 0 Å². The molecule has 0 unspecified atom stereocenters. The molecule has 6 nitrogen and oxygen atoms in total. The summed E-state index contributed by atoms with van der Waals surface area (Å²) in [6.07, 6.45) is -1.09. The first-order chi connectivity index (χ1) is 13.8. The van der Waals surface area contributed by atoms with E-state index >= 15 is 0 Å². The van der Waals surface area contributed by atoms with Crippen LogP contribution < -0.4 is 5.32 Å². The fraction of sp³-hybridized carbons (Fsp3) is 0.391. The standard InChI is InChI=1S/C23H28N2O4/c1-23(2,3)29-22(27)24-14-19-20(28-16-18-12-8-5-9-13-18)21(26)25(19)15-17-10-6-4-7-11-17/h4-13,19-20H,14-16H2,1-3H3,(H,24,27)/t19-,20+/m1/s1. The Kier molecular flexibility index (Phi) is 6.54. The maximum atomic E-state index is 12.7. The molecule has 1 N–H and O–H groups in total. The van der Waals surface area contributed by atoms with Crippen LogP contribution in [0.25, 0.3) is 0 Å². The Hall–Kier alpha value is -2.86. The highest BCUT2D eigenvalue weighted by molar-refractivity contribution is 5.88. The molecule has 0 aromatic heterocycles. The molecule has 29 heavy (non-hydrogen) atoms. The number of β-lactam (4-membered cyclic amide) rings is 1. The van der Waals surface area contributed by atoms with Crippen molar-refractivity contribution in [2.75, 3.05) is 6.54 Å². The van der Waals surface area contributed by atoms with Crippen molar-refractivity contribution in [3.05, 3.63) is 71.8 Å². The lowest BCUT2D eigenvalue weighted by Crippen LogP contribution is -2.68. The molecule has 1 saturated heterocycles. The van der Waals surface area contributed by atoms with Gasteiger partial charge in [0.15, 0.2) is 6.10 Å². The number of carbonyl (C=O) groups is 2. The van der Waals surface area contributed by atoms with Gasteiger partial charge in [-0.2, -0.15) is 0 Å². The first-order valence-electron chi connectivity index (χ1n) is 9.80. The van der Waals surface area contributed by atoms with E-state index in [-0.39, 0.29) is 18.5 Å². The van der Waals surface area contributed by atoms with Crippen LogP contribution in [0.2, 0.25) is 0 Å². The zero-order valence-corrected chi connectivity index (χ0v) is 17.1. The maximum Gasteiger partial charge on any atom is 0.407 e. The quantitative estimate of drug-likeness (QED) is 0.728. The molecule has 1 fully saturated rings. The van der Waals surface area contributed by atoms with Gasteiger partial charge in [-0.25, -0.2) is 4.79 Å². The molecule has 6 heteroatoms. The van der Waals surface area contributed by atoms with Crippen molar-refractivity contribution in [2.45, 2.75) is 51.7 Å². The zero-order valence-electron chi connectivity index (χ0n) is 17.1. The third-order valence-corrected chi connectivity index (χ3v) is 4.60. The molecular formula is C23H28N2O4. The Morgan fingerprint density at radius 3 is 2.17 bits per heavy atom. The molecule has 2 atom stereocenters. The predicted octanol–water partition coefficient (Wildman–Crippen LogP) is 3.51. The van der Waals surface area contributed by atoms with Crippen LogP contribution in [0.15, 0.2) is 60.7 Å². The number of nitrogens with one attached hydrogen (secondary N) is 1. The van der Waals surface area contributed by atoms with Gasteiger partial charge in [-0.05, 0) is 31.9 Å². The third kappa shape index (κ3) is 5.81. The topological polar surface area (TPSA) is 67.9 Å². The summed E-state index contributed by atoms with van der Waals surface area (Å²) < 4.78 is 11.2. The van der Waals surface area contributed by atoms with E-state index in [1.807, 2.05) is 81.4 Å². The molecule has 1 heterocycles. The number of hydrogen-bond acceptors (Lipinski definition) is 4. The molecule has 1 aliphatic heterocycles. The summed E-state index contributed by atoms with van der Waals surface area (Å²) >= 11 is 0. The first kappa shape index (κ1) is 20.9. The SMILES string of the molecule is CC(C)(C)OC(=O)NC[C@@H]1[C@H](OCc2ccccc2)C(=O)N1Cc1ccccc1. The van der Waals surface area contributed by atoms with Crippen molar-refractivity contribution in [3.8, 4) is 0 Å². The van der Waals surface area contributed by atoms with Crippen LogP contribution in [0, 0.1) is 0 Å². The molecule has 3 rings (SSSR count). The van der Waals surface area contributed by atoms with Gasteiger partial charge >= 0.3 is 6.09 Å². The largest absolute Gasteiger partial charge is 0.444 e. The lowest BCUT2D eigenvalue weighted by molar-refractivity contribution is -0.176. The minimum absolute atomic E-state index is 0.0687. The maximum absolute atomic E-state index is 12.7. The Bertz CT molecular complexity index is 818. The lowest BCUT2D eigenvalue weighted by Gasteiger charge is -2.46. The first-order valence-corrected chi connectivity index (χ1v) is 9.80. The van der Waals surface area contributed by atoms with Crippen molar-refractivity contribution >= 4 is 12.0 Å². The van der Waals surface area contributed by atoms with Crippen LogP contribution in [0.1, 0.15) is 31.9 Å². The van der Waals surface area contributed by atoms with Gasteiger partial charge in [0, 0.05) is 13.1 Å². The molecule has 0 saturated carbocycles. The number of hydrogen-bond donors (Lipinski definition) is 1. The van der Waals surface area contributed by atoms with E-state index in [1.54, 1.807) is 4.90 Å². The monoisotopic (exact) mass is 396 g/mol. The second-order valence-corrected chi connectivity index (χ2v) is 8.12. The summed E-state index contributed by atoms with van der Waals surface area (Å²) in [6, 6.07) is 19.2. The van der Waals surface area contributed by atoms with Crippen molar-refractivity contribution in [2.24, 2.45) is 0 Å². The average molecular weight is 396 g/mol. The van der Waals surface area contributed by atoms with Crippen LogP contribution in [0.4, 0.5) is 4.79 Å². The normalized spacial score (nSPS) is 18.9. The molecule has 0 spiro atoms. The molecule has 2 aromatic rings. The highest BCUT2D eigenvalue weighted by atomic mass is 16.6. The fourth-order valence-corrected chi connectivity index (χ4v) is 3.21. The Morgan fingerprint density at radius 2 is 1.59 bits per heavy atom. The molecule has 2 amide bonds. The third-order valence-electron chi connectivity index (χ3n) is 4.60. The van der Waals surface area contributed by atoms with E-state index in [0.717, 1.165) is 11.1 Å². The molecule has 2 aromatic carbocycles. The summed E-state index contributed by atoms with van der Waals surface area (Å²) in [6.45, 7) is 6.53. The fourth-order valence-electron chi connectivity index (χ4n) is 3.21. The summed E-state index contributed by atoms with van der Waals surface area (Å²) in [5, 5.41) is 2.77. The highest BCUT2D eigenvalue weighted by Gasteiger charge is 2.48. The smallest absolute Gasteiger partial charge is 0.407 e. The minimum atomic E-state index is -0.589. The number of rotatable bonds is 7. The van der Waals surface area contributed by atoms with Crippen LogP contribution >= 0.6 is 0 Å². The highest BCUT2D eigenvalue weighted by Crippen LogP contribution is 2.26. The molecule has 1 aliphatic rings. The van der Waals surface area contributed by atoms with E-state index in [0.29, 0.717) is 13.2 Å². The van der Waals surface area contributed by atoms with Crippen molar-refractivity contribution in [1.82, 2.24) is 10.2 Å². The summed E-state index contributed by atoms with van der Waals surface area (Å²) in [5.74, 6) is -0.0687. The van der Waals surface area contributed by atoms with Gasteiger partial charge in [0.25, 0.3) is 5.91 Å². The number of likely N-dealkylation sites (tertiary alicyclic amines) is 1. The Balaban J connectivity index is 1.64. The Morgan fingerprint density at radius 1 is 1.00 bits per heavy atom. The van der Waals surface area contributed by atoms with E-state index in [1.165, 1.54) is 0 Å². The number of benzene rings is 2. The van der Waals surface area contributed by atoms with Gasteiger partial charge in [-0.3, -0.25) is 4.79 Å². The second kappa shape index (κ2) is 9.09. The summed E-state index contributed by atoms with van der Waals surface area (Å²) in [5.41, 5.74) is 1.46. The van der Waals surface area contributed by atoms with Crippen LogP contribution in [-0.4, -0.2) is 41.2 Å². The van der Waals surface area contributed by atoms with Crippen LogP contribution in [0.3, 0.4) is 0 Å². The van der Waals surface area contributed by atoms with Gasteiger partial charge in [-0.1, -0.05) is 60.7 Å². The Labute approximate surface area is 171 Å². The molecular weight excluding hydrogens is 368 g/mol. The summed E-state index contributed by atoms with van der Waals surface area (Å²) in [7, 11) is 0. The second-order valence-electron chi connectivity index (χ2n) is 8.12. The number of alkyl carbamates (subject to hydrolysis) is 1. The van der Waals surface area contributed by atoms with Gasteiger partial charge in [-0.15, -0.1) is 0 Å². The predicted molar refractivity (Wildman–Crippen MR) is 110 cm³/mol. The van der Waals surface area contributed by atoms with Crippen molar-refractivity contribution in [3.63, 3.8) is 0 Å². The van der Waals surface area contributed by atoms with E-state index < -0.39 is 17.8 Å². The molecule has 0 bridgehead atoms. The lowest BCUT2D eigenvalue weighted by atomic mass is 9.96. The van der Waals surface area contributed by atoms with Crippen LogP contribution in [0.5, 0.6) is 0 Å². The number of amides is 2. The number of ether oxygens (including phenoxy) is 2. The van der Waals surface area contributed by atoms with E-state index in [2.05, 4.69) is 5.32 Å². The zero-order chi connectivity index (χ0) is 20.9. The number of carbonyl (C=O) groups excluding carboxylic acids is 2.